The van der Waals surface area contributed by atoms with Gasteiger partial charge >= 0.3 is 6.03 Å². The van der Waals surface area contributed by atoms with Crippen molar-refractivity contribution in [1.29, 1.82) is 5.41 Å². The number of rotatable bonds is 6. The lowest BCUT2D eigenvalue weighted by atomic mass is 10.2. The van der Waals surface area contributed by atoms with Crippen LogP contribution in [0.5, 0.6) is 0 Å². The Hall–Kier alpha value is -2.89. The maximum absolute atomic E-state index is 12.5. The standard InChI is InChI=1S/C16H19N5O/c17-15(18)9-5-11-21(14-7-2-1-3-8-14)16(22)20-13-6-4-10-19-12-13/h1-4,6-8,10,12H,5,9,11H2,(H3,17,18)(H,20,22). The quantitative estimate of drug-likeness (QED) is 0.565. The number of urea groups is 1. The number of hydrogen-bond acceptors (Lipinski definition) is 3. The lowest BCUT2D eigenvalue weighted by Gasteiger charge is -2.23. The van der Waals surface area contributed by atoms with E-state index in [-0.39, 0.29) is 11.9 Å². The van der Waals surface area contributed by atoms with Crippen LogP contribution in [0.25, 0.3) is 0 Å². The van der Waals surface area contributed by atoms with Gasteiger partial charge in [-0.05, 0) is 30.7 Å². The van der Waals surface area contributed by atoms with Crippen molar-refractivity contribution in [3.8, 4) is 0 Å². The van der Waals surface area contributed by atoms with Gasteiger partial charge in [0.1, 0.15) is 0 Å². The topological polar surface area (TPSA) is 95.1 Å². The second-order valence-corrected chi connectivity index (χ2v) is 4.79. The highest BCUT2D eigenvalue weighted by Crippen LogP contribution is 2.16. The zero-order chi connectivity index (χ0) is 15.8. The Kier molecular flexibility index (Phi) is 5.48. The van der Waals surface area contributed by atoms with Gasteiger partial charge in [-0.25, -0.2) is 4.79 Å². The molecule has 2 amide bonds. The van der Waals surface area contributed by atoms with Gasteiger partial charge in [0, 0.05) is 24.8 Å². The van der Waals surface area contributed by atoms with Crippen molar-refractivity contribution >= 4 is 23.2 Å². The van der Waals surface area contributed by atoms with Gasteiger partial charge in [-0.3, -0.25) is 15.3 Å². The van der Waals surface area contributed by atoms with E-state index in [2.05, 4.69) is 10.3 Å². The number of amides is 2. The summed E-state index contributed by atoms with van der Waals surface area (Å²) < 4.78 is 0. The number of hydrogen-bond donors (Lipinski definition) is 3. The molecule has 0 bridgehead atoms. The number of anilines is 2. The Bertz CT molecular complexity index is 615. The van der Waals surface area contributed by atoms with Crippen LogP contribution in [0.15, 0.2) is 54.9 Å². The van der Waals surface area contributed by atoms with Crippen LogP contribution >= 0.6 is 0 Å². The highest BCUT2D eigenvalue weighted by atomic mass is 16.2. The fourth-order valence-electron chi connectivity index (χ4n) is 2.01. The maximum Gasteiger partial charge on any atom is 0.326 e. The number of nitrogens with two attached hydrogens (primary N) is 1. The molecule has 22 heavy (non-hydrogen) atoms. The SMILES string of the molecule is N=C(N)CCCN(C(=O)Nc1cccnc1)c1ccccc1. The fraction of sp³-hybridized carbons (Fsp3) is 0.188. The van der Waals surface area contributed by atoms with Crippen LogP contribution in [-0.4, -0.2) is 23.4 Å². The van der Waals surface area contributed by atoms with Crippen molar-refractivity contribution in [3.63, 3.8) is 0 Å². The number of aromatic nitrogens is 1. The summed E-state index contributed by atoms with van der Waals surface area (Å²) in [4.78, 5) is 18.1. The highest BCUT2D eigenvalue weighted by Gasteiger charge is 2.15. The normalized spacial score (nSPS) is 10.0. The number of para-hydroxylation sites is 1. The lowest BCUT2D eigenvalue weighted by Crippen LogP contribution is -2.36. The Balaban J connectivity index is 2.09. The van der Waals surface area contributed by atoms with Crippen molar-refractivity contribution in [2.75, 3.05) is 16.8 Å². The summed E-state index contributed by atoms with van der Waals surface area (Å²) in [6, 6.07) is 12.7. The molecule has 2 rings (SSSR count). The van der Waals surface area contributed by atoms with E-state index in [1.807, 2.05) is 30.3 Å². The first-order valence-electron chi connectivity index (χ1n) is 7.03. The third-order valence-electron chi connectivity index (χ3n) is 3.05. The molecule has 0 atom stereocenters. The van der Waals surface area contributed by atoms with Crippen LogP contribution in [0.1, 0.15) is 12.8 Å². The van der Waals surface area contributed by atoms with Gasteiger partial charge in [-0.1, -0.05) is 18.2 Å². The molecule has 0 spiro atoms. The van der Waals surface area contributed by atoms with E-state index in [9.17, 15) is 4.79 Å². The van der Waals surface area contributed by atoms with Crippen molar-refractivity contribution in [3.05, 3.63) is 54.9 Å². The van der Waals surface area contributed by atoms with Crippen LogP contribution in [0.2, 0.25) is 0 Å². The first kappa shape index (κ1) is 15.5. The summed E-state index contributed by atoms with van der Waals surface area (Å²) in [7, 11) is 0. The summed E-state index contributed by atoms with van der Waals surface area (Å²) in [6.45, 7) is 0.482. The number of pyridine rings is 1. The molecule has 0 unspecified atom stereocenters. The molecule has 0 aliphatic carbocycles. The monoisotopic (exact) mass is 297 g/mol. The second-order valence-electron chi connectivity index (χ2n) is 4.79. The van der Waals surface area contributed by atoms with Crippen LogP contribution in [0.4, 0.5) is 16.2 Å². The van der Waals surface area contributed by atoms with E-state index in [1.165, 1.54) is 0 Å². The zero-order valence-electron chi connectivity index (χ0n) is 12.2. The van der Waals surface area contributed by atoms with E-state index in [1.54, 1.807) is 29.4 Å². The Labute approximate surface area is 129 Å². The molecule has 0 saturated heterocycles. The minimum atomic E-state index is -0.234. The number of amidine groups is 1. The summed E-state index contributed by atoms with van der Waals surface area (Å²) in [5.41, 5.74) is 6.81. The van der Waals surface area contributed by atoms with Gasteiger partial charge in [0.05, 0.1) is 17.7 Å². The van der Waals surface area contributed by atoms with Crippen LogP contribution in [0.3, 0.4) is 0 Å². The molecule has 1 aromatic heterocycles. The molecule has 0 radical (unpaired) electrons. The summed E-state index contributed by atoms with van der Waals surface area (Å²) in [5.74, 6) is 0.126. The largest absolute Gasteiger partial charge is 0.388 e. The molecule has 4 N–H and O–H groups in total. The average molecular weight is 297 g/mol. The smallest absolute Gasteiger partial charge is 0.326 e. The average Bonchev–Trinajstić information content (AvgIpc) is 2.53. The van der Waals surface area contributed by atoms with E-state index in [0.717, 1.165) is 5.69 Å². The minimum Gasteiger partial charge on any atom is -0.388 e. The zero-order valence-corrected chi connectivity index (χ0v) is 12.2. The molecule has 6 heteroatoms. The van der Waals surface area contributed by atoms with Gasteiger partial charge in [0.15, 0.2) is 0 Å². The first-order valence-corrected chi connectivity index (χ1v) is 7.03. The molecule has 0 aliphatic heterocycles. The van der Waals surface area contributed by atoms with E-state index < -0.39 is 0 Å². The number of nitrogens with one attached hydrogen (secondary N) is 2. The molecule has 0 saturated carbocycles. The van der Waals surface area contributed by atoms with Crippen molar-refractivity contribution < 1.29 is 4.79 Å². The molecular formula is C16H19N5O. The number of benzene rings is 1. The molecule has 114 valence electrons. The Morgan fingerprint density at radius 3 is 2.64 bits per heavy atom. The number of carbonyl (C=O) groups is 1. The lowest BCUT2D eigenvalue weighted by molar-refractivity contribution is 0.257. The number of nitrogens with zero attached hydrogens (tertiary/aromatic N) is 2. The first-order chi connectivity index (χ1) is 10.7. The maximum atomic E-state index is 12.5. The third-order valence-corrected chi connectivity index (χ3v) is 3.05. The van der Waals surface area contributed by atoms with Crippen molar-refractivity contribution in [2.24, 2.45) is 5.73 Å². The second kappa shape index (κ2) is 7.78. The molecule has 0 fully saturated rings. The molecule has 6 nitrogen and oxygen atoms in total. The van der Waals surface area contributed by atoms with Gasteiger partial charge < -0.3 is 11.1 Å². The summed E-state index contributed by atoms with van der Waals surface area (Å²) >= 11 is 0. The Morgan fingerprint density at radius 1 is 1.23 bits per heavy atom. The number of carbonyl (C=O) groups excluding carboxylic acids is 1. The van der Waals surface area contributed by atoms with E-state index in [4.69, 9.17) is 11.1 Å². The molecule has 0 aliphatic rings. The summed E-state index contributed by atoms with van der Waals surface area (Å²) in [5, 5.41) is 10.1. The van der Waals surface area contributed by atoms with Crippen LogP contribution in [0, 0.1) is 5.41 Å². The summed E-state index contributed by atoms with van der Waals surface area (Å²) in [6.07, 6.45) is 4.34. The minimum absolute atomic E-state index is 0.126. The highest BCUT2D eigenvalue weighted by molar-refractivity contribution is 6.01. The predicted molar refractivity (Wildman–Crippen MR) is 88.2 cm³/mol. The van der Waals surface area contributed by atoms with Crippen LogP contribution in [-0.2, 0) is 0 Å². The van der Waals surface area contributed by atoms with E-state index >= 15 is 0 Å². The van der Waals surface area contributed by atoms with Crippen LogP contribution < -0.4 is 16.0 Å². The van der Waals surface area contributed by atoms with Gasteiger partial charge in [0.25, 0.3) is 0 Å². The van der Waals surface area contributed by atoms with Gasteiger partial charge in [0.2, 0.25) is 0 Å². The molecule has 1 heterocycles. The molecule has 1 aromatic carbocycles. The van der Waals surface area contributed by atoms with Gasteiger partial charge in [-0.2, -0.15) is 0 Å². The fourth-order valence-corrected chi connectivity index (χ4v) is 2.01. The van der Waals surface area contributed by atoms with Crippen molar-refractivity contribution in [2.45, 2.75) is 12.8 Å². The molecular weight excluding hydrogens is 278 g/mol. The Morgan fingerprint density at radius 2 is 2.00 bits per heavy atom. The van der Waals surface area contributed by atoms with E-state index in [0.29, 0.717) is 25.1 Å². The predicted octanol–water partition coefficient (Wildman–Crippen LogP) is 2.84. The van der Waals surface area contributed by atoms with Gasteiger partial charge in [-0.15, -0.1) is 0 Å². The van der Waals surface area contributed by atoms with Crippen molar-refractivity contribution in [1.82, 2.24) is 4.98 Å². The third kappa shape index (κ3) is 4.59. The molecule has 2 aromatic rings.